The Morgan fingerprint density at radius 1 is 1.25 bits per heavy atom. The van der Waals surface area contributed by atoms with Crippen LogP contribution < -0.4 is 10.0 Å². The number of hydrogen-bond acceptors (Lipinski definition) is 5. The highest BCUT2D eigenvalue weighted by Crippen LogP contribution is 2.21. The van der Waals surface area contributed by atoms with Crippen molar-refractivity contribution in [1.29, 1.82) is 0 Å². The molecule has 1 aliphatic rings. The Morgan fingerprint density at radius 3 is 2.75 bits per heavy atom. The zero-order valence-electron chi connectivity index (χ0n) is 16.1. The molecule has 28 heavy (non-hydrogen) atoms. The molecule has 0 unspecified atom stereocenters. The van der Waals surface area contributed by atoms with E-state index < -0.39 is 10.0 Å². The summed E-state index contributed by atoms with van der Waals surface area (Å²) in [6.45, 7) is 2.54. The Bertz CT molecular complexity index is 903. The number of nitrogens with one attached hydrogen (secondary N) is 2. The monoisotopic (exact) mass is 421 g/mol. The van der Waals surface area contributed by atoms with Crippen molar-refractivity contribution in [2.45, 2.75) is 62.8 Å². The van der Waals surface area contributed by atoms with Crippen LogP contribution >= 0.6 is 11.3 Å². The maximum Gasteiger partial charge on any atom is 0.251 e. The van der Waals surface area contributed by atoms with Crippen LogP contribution in [0.4, 0.5) is 0 Å². The number of benzene rings is 1. The molecule has 1 aliphatic carbocycles. The molecular formula is C20H27N3O3S2. The Morgan fingerprint density at radius 2 is 2.04 bits per heavy atom. The first-order valence-electron chi connectivity index (χ1n) is 9.76. The third-order valence-corrected chi connectivity index (χ3v) is 7.40. The van der Waals surface area contributed by atoms with E-state index in [9.17, 15) is 13.2 Å². The first-order valence-corrected chi connectivity index (χ1v) is 12.1. The fourth-order valence-corrected chi connectivity index (χ4v) is 5.53. The van der Waals surface area contributed by atoms with Gasteiger partial charge in [0.05, 0.1) is 9.90 Å². The molecule has 6 nitrogen and oxygen atoms in total. The van der Waals surface area contributed by atoms with Crippen LogP contribution in [0.2, 0.25) is 0 Å². The highest BCUT2D eigenvalue weighted by Gasteiger charge is 2.23. The van der Waals surface area contributed by atoms with Gasteiger partial charge in [0.25, 0.3) is 5.91 Å². The Balaban J connectivity index is 1.49. The number of aryl methyl sites for hydroxylation is 2. The molecule has 0 atom stereocenters. The lowest BCUT2D eigenvalue weighted by molar-refractivity contribution is 0.0953. The number of carbonyl (C=O) groups excluding carboxylic acids is 1. The van der Waals surface area contributed by atoms with Crippen LogP contribution in [0.5, 0.6) is 0 Å². The van der Waals surface area contributed by atoms with Gasteiger partial charge in [-0.25, -0.2) is 18.1 Å². The molecule has 3 rings (SSSR count). The van der Waals surface area contributed by atoms with Crippen molar-refractivity contribution in [3.05, 3.63) is 45.9 Å². The number of sulfonamides is 1. The zero-order valence-corrected chi connectivity index (χ0v) is 17.7. The molecule has 2 aromatic rings. The van der Waals surface area contributed by atoms with Crippen molar-refractivity contribution in [3.63, 3.8) is 0 Å². The third-order valence-electron chi connectivity index (χ3n) is 4.85. The summed E-state index contributed by atoms with van der Waals surface area (Å²) in [5.74, 6) is -0.247. The second-order valence-electron chi connectivity index (χ2n) is 7.23. The van der Waals surface area contributed by atoms with Gasteiger partial charge in [0.2, 0.25) is 10.0 Å². The fourth-order valence-electron chi connectivity index (χ4n) is 3.36. The second-order valence-corrected chi connectivity index (χ2v) is 9.88. The van der Waals surface area contributed by atoms with Crippen molar-refractivity contribution in [2.24, 2.45) is 0 Å². The molecule has 1 aromatic carbocycles. The number of rotatable bonds is 9. The van der Waals surface area contributed by atoms with Crippen molar-refractivity contribution in [2.75, 3.05) is 6.54 Å². The standard InChI is InChI=1S/C20H27N3O3S2/c1-15-14-27-19(22-15)11-4-5-12-21-20(24)16-7-6-10-18(13-16)28(25,26)23-17-8-2-3-9-17/h6-7,10,13-14,17,23H,2-5,8-9,11-12H2,1H3,(H,21,24). The molecule has 2 N–H and O–H groups in total. The maximum absolute atomic E-state index is 12.6. The predicted octanol–water partition coefficient (Wildman–Crippen LogP) is 3.43. The van der Waals surface area contributed by atoms with E-state index in [1.165, 1.54) is 12.1 Å². The molecule has 1 aromatic heterocycles. The second kappa shape index (κ2) is 9.62. The Hall–Kier alpha value is -1.77. The molecule has 1 fully saturated rings. The van der Waals surface area contributed by atoms with Crippen LogP contribution in [0.25, 0.3) is 0 Å². The lowest BCUT2D eigenvalue weighted by atomic mass is 10.2. The van der Waals surface area contributed by atoms with E-state index in [0.717, 1.165) is 55.6 Å². The van der Waals surface area contributed by atoms with Gasteiger partial charge in [-0.1, -0.05) is 18.9 Å². The topological polar surface area (TPSA) is 88.2 Å². The Kier molecular flexibility index (Phi) is 7.20. The summed E-state index contributed by atoms with van der Waals surface area (Å²) in [6.07, 6.45) is 6.57. The summed E-state index contributed by atoms with van der Waals surface area (Å²) in [6, 6.07) is 6.24. The number of nitrogens with zero attached hydrogens (tertiary/aromatic N) is 1. The van der Waals surface area contributed by atoms with E-state index in [-0.39, 0.29) is 16.8 Å². The van der Waals surface area contributed by atoms with Crippen molar-refractivity contribution < 1.29 is 13.2 Å². The number of unbranched alkanes of at least 4 members (excludes halogenated alkanes) is 1. The number of amides is 1. The van der Waals surface area contributed by atoms with Gasteiger partial charge >= 0.3 is 0 Å². The molecule has 152 valence electrons. The summed E-state index contributed by atoms with van der Waals surface area (Å²) in [7, 11) is -3.59. The SMILES string of the molecule is Cc1csc(CCCCNC(=O)c2cccc(S(=O)(=O)NC3CCCC3)c2)n1. The largest absolute Gasteiger partial charge is 0.352 e. The van der Waals surface area contributed by atoms with E-state index in [4.69, 9.17) is 0 Å². The minimum Gasteiger partial charge on any atom is -0.352 e. The van der Waals surface area contributed by atoms with E-state index in [1.807, 2.05) is 12.3 Å². The molecular weight excluding hydrogens is 394 g/mol. The number of thiazole rings is 1. The van der Waals surface area contributed by atoms with E-state index in [2.05, 4.69) is 15.0 Å². The number of aromatic nitrogens is 1. The average Bonchev–Trinajstić information content (AvgIpc) is 3.32. The minimum atomic E-state index is -3.59. The lowest BCUT2D eigenvalue weighted by Crippen LogP contribution is -2.33. The van der Waals surface area contributed by atoms with Crippen LogP contribution in [0.3, 0.4) is 0 Å². The number of carbonyl (C=O) groups is 1. The molecule has 0 spiro atoms. The smallest absolute Gasteiger partial charge is 0.251 e. The first-order chi connectivity index (χ1) is 13.4. The molecule has 0 aliphatic heterocycles. The molecule has 0 bridgehead atoms. The van der Waals surface area contributed by atoms with Crippen LogP contribution in [0, 0.1) is 6.92 Å². The Labute approximate surface area is 170 Å². The fraction of sp³-hybridized carbons (Fsp3) is 0.500. The molecule has 1 saturated carbocycles. The van der Waals surface area contributed by atoms with Gasteiger partial charge in [-0.15, -0.1) is 11.3 Å². The van der Waals surface area contributed by atoms with Crippen molar-refractivity contribution >= 4 is 27.3 Å². The number of hydrogen-bond donors (Lipinski definition) is 2. The molecule has 1 amide bonds. The normalized spacial score (nSPS) is 15.0. The van der Waals surface area contributed by atoms with Crippen molar-refractivity contribution in [1.82, 2.24) is 15.0 Å². The summed E-state index contributed by atoms with van der Waals surface area (Å²) in [5.41, 5.74) is 1.41. The van der Waals surface area contributed by atoms with Crippen LogP contribution in [0.1, 0.15) is 59.6 Å². The predicted molar refractivity (Wildman–Crippen MR) is 111 cm³/mol. The van der Waals surface area contributed by atoms with Gasteiger partial charge in [0.15, 0.2) is 0 Å². The van der Waals surface area contributed by atoms with Crippen LogP contribution in [-0.4, -0.2) is 31.9 Å². The quantitative estimate of drug-likeness (QED) is 0.607. The maximum atomic E-state index is 12.6. The molecule has 0 saturated heterocycles. The van der Waals surface area contributed by atoms with Gasteiger partial charge < -0.3 is 5.32 Å². The summed E-state index contributed by atoms with van der Waals surface area (Å²) in [4.78, 5) is 16.9. The van der Waals surface area contributed by atoms with Gasteiger partial charge in [-0.05, 0) is 57.2 Å². The van der Waals surface area contributed by atoms with E-state index in [1.54, 1.807) is 23.5 Å². The van der Waals surface area contributed by atoms with Gasteiger partial charge in [-0.2, -0.15) is 0 Å². The van der Waals surface area contributed by atoms with Crippen molar-refractivity contribution in [3.8, 4) is 0 Å². The minimum absolute atomic E-state index is 0.00380. The zero-order chi connectivity index (χ0) is 20.0. The highest BCUT2D eigenvalue weighted by atomic mass is 32.2. The van der Waals surface area contributed by atoms with Crippen LogP contribution in [0.15, 0.2) is 34.5 Å². The van der Waals surface area contributed by atoms with E-state index in [0.29, 0.717) is 12.1 Å². The molecule has 0 radical (unpaired) electrons. The first kappa shape index (κ1) is 21.0. The molecule has 1 heterocycles. The molecule has 8 heteroatoms. The van der Waals surface area contributed by atoms with Gasteiger partial charge in [0, 0.05) is 29.2 Å². The summed E-state index contributed by atoms with van der Waals surface area (Å²) in [5, 5.41) is 6.03. The van der Waals surface area contributed by atoms with E-state index >= 15 is 0 Å². The average molecular weight is 422 g/mol. The summed E-state index contributed by atoms with van der Waals surface area (Å²) >= 11 is 1.66. The highest BCUT2D eigenvalue weighted by molar-refractivity contribution is 7.89. The summed E-state index contributed by atoms with van der Waals surface area (Å²) < 4.78 is 27.9. The van der Waals surface area contributed by atoms with Crippen LogP contribution in [-0.2, 0) is 16.4 Å². The lowest BCUT2D eigenvalue weighted by Gasteiger charge is -2.13. The van der Waals surface area contributed by atoms with Gasteiger partial charge in [0.1, 0.15) is 0 Å². The third kappa shape index (κ3) is 5.86. The van der Waals surface area contributed by atoms with Gasteiger partial charge in [-0.3, -0.25) is 4.79 Å².